The van der Waals surface area contributed by atoms with E-state index in [0.717, 1.165) is 81.2 Å². The average Bonchev–Trinajstić information content (AvgIpc) is 3.24. The van der Waals surface area contributed by atoms with Crippen LogP contribution in [-0.4, -0.2) is 47.5 Å². The number of halogens is 2. The van der Waals surface area contributed by atoms with E-state index in [4.69, 9.17) is 4.74 Å². The van der Waals surface area contributed by atoms with E-state index in [0.29, 0.717) is 11.1 Å². The maximum atomic E-state index is 13.0. The van der Waals surface area contributed by atoms with Crippen molar-refractivity contribution in [3.63, 3.8) is 0 Å². The summed E-state index contributed by atoms with van der Waals surface area (Å²) in [5, 5.41) is 3.50. The lowest BCUT2D eigenvalue weighted by molar-refractivity contribution is -0.117. The van der Waals surface area contributed by atoms with Crippen LogP contribution >= 0.6 is 11.3 Å². The molecule has 0 atom stereocenters. The molecular formula is C26H33F2N3O2S. The smallest absolute Gasteiger partial charge is 0.278 e. The summed E-state index contributed by atoms with van der Waals surface area (Å²) in [6, 6.07) is 10.1. The number of hydrogen-bond acceptors (Lipinski definition) is 5. The molecule has 2 heterocycles. The number of carbonyl (C=O) groups is 1. The number of nitrogens with zero attached hydrogens (tertiary/aromatic N) is 2. The van der Waals surface area contributed by atoms with Crippen molar-refractivity contribution in [1.82, 2.24) is 15.2 Å². The highest BCUT2D eigenvalue weighted by Crippen LogP contribution is 2.32. The van der Waals surface area contributed by atoms with Crippen LogP contribution in [0.2, 0.25) is 0 Å². The first-order valence-corrected chi connectivity index (χ1v) is 12.9. The molecule has 0 radical (unpaired) electrons. The fourth-order valence-electron chi connectivity index (χ4n) is 4.62. The molecule has 1 aromatic heterocycles. The fraction of sp³-hybridized carbons (Fsp3) is 0.538. The number of rotatable bonds is 9. The largest absolute Gasteiger partial charge is 0.464 e. The second kappa shape index (κ2) is 11.4. The molecule has 0 bridgehead atoms. The van der Waals surface area contributed by atoms with Crippen molar-refractivity contribution in [2.45, 2.75) is 64.0 Å². The van der Waals surface area contributed by atoms with Gasteiger partial charge in [0.05, 0.1) is 5.69 Å². The molecule has 1 saturated carbocycles. The summed E-state index contributed by atoms with van der Waals surface area (Å²) in [6.07, 6.45) is 9.81. The highest BCUT2D eigenvalue weighted by molar-refractivity contribution is 7.13. The maximum Gasteiger partial charge on any atom is 0.278 e. The monoisotopic (exact) mass is 489 g/mol. The van der Waals surface area contributed by atoms with Crippen LogP contribution in [0.4, 0.5) is 8.78 Å². The summed E-state index contributed by atoms with van der Waals surface area (Å²) < 4.78 is 31.3. The molecule has 1 aromatic carbocycles. The van der Waals surface area contributed by atoms with E-state index in [1.54, 1.807) is 6.08 Å². The Balaban J connectivity index is 1.15. The average molecular weight is 490 g/mol. The molecule has 4 rings (SSSR count). The number of carbonyl (C=O) groups excluding carboxylic acids is 1. The SMILES string of the molecule is CC(F)(F)COc1nc2c(s1)CCN(CC[C@H]1CC[C@H](NC(=O)/C=C/c3ccccc3)CC1)C2. The Bertz CT molecular complexity index is 966. The van der Waals surface area contributed by atoms with Crippen molar-refractivity contribution in [1.29, 1.82) is 0 Å². The highest BCUT2D eigenvalue weighted by atomic mass is 32.1. The van der Waals surface area contributed by atoms with Gasteiger partial charge in [-0.15, -0.1) is 0 Å². The molecule has 184 valence electrons. The Hall–Kier alpha value is -2.32. The van der Waals surface area contributed by atoms with Gasteiger partial charge in [0.2, 0.25) is 5.91 Å². The third-order valence-corrected chi connectivity index (χ3v) is 7.58. The molecule has 2 aromatic rings. The van der Waals surface area contributed by atoms with Crippen molar-refractivity contribution < 1.29 is 18.3 Å². The number of amides is 1. The Morgan fingerprint density at radius 2 is 2.03 bits per heavy atom. The minimum absolute atomic E-state index is 0.0225. The minimum Gasteiger partial charge on any atom is -0.464 e. The van der Waals surface area contributed by atoms with Crippen molar-refractivity contribution >= 4 is 23.3 Å². The lowest BCUT2D eigenvalue weighted by Gasteiger charge is -2.31. The molecule has 1 amide bonds. The number of nitrogens with one attached hydrogen (secondary N) is 1. The number of fused-ring (bicyclic) bond motifs is 1. The zero-order chi connectivity index (χ0) is 24.0. The predicted octanol–water partition coefficient (Wildman–Crippen LogP) is 5.31. The molecule has 5 nitrogen and oxygen atoms in total. The van der Waals surface area contributed by atoms with Crippen LogP contribution in [0.1, 0.15) is 55.2 Å². The van der Waals surface area contributed by atoms with Crippen LogP contribution in [0.15, 0.2) is 36.4 Å². The van der Waals surface area contributed by atoms with Gasteiger partial charge in [0.1, 0.15) is 0 Å². The van der Waals surface area contributed by atoms with E-state index < -0.39 is 12.5 Å². The first-order valence-electron chi connectivity index (χ1n) is 12.1. The quantitative estimate of drug-likeness (QED) is 0.485. The van der Waals surface area contributed by atoms with Crippen LogP contribution in [0.5, 0.6) is 5.19 Å². The van der Waals surface area contributed by atoms with Gasteiger partial charge in [-0.3, -0.25) is 9.69 Å². The normalized spacial score (nSPS) is 21.4. The molecule has 1 fully saturated rings. The summed E-state index contributed by atoms with van der Waals surface area (Å²) >= 11 is 1.40. The summed E-state index contributed by atoms with van der Waals surface area (Å²) in [5.74, 6) is -2.19. The van der Waals surface area contributed by atoms with Crippen molar-refractivity contribution in [3.05, 3.63) is 52.5 Å². The standard InChI is InChI=1S/C26H33F2N3O2S/c1-26(27,28)18-33-25-30-22-17-31(16-14-23(22)34-25)15-13-20-7-10-21(11-8-20)29-24(32)12-9-19-5-3-2-4-6-19/h2-6,9,12,20-21H,7-8,10-11,13-18H2,1H3,(H,29,32)/b12-9+/t20-,21-. The third-order valence-electron chi connectivity index (χ3n) is 6.51. The molecule has 1 aliphatic carbocycles. The van der Waals surface area contributed by atoms with Crippen LogP contribution in [-0.2, 0) is 17.8 Å². The van der Waals surface area contributed by atoms with Gasteiger partial charge in [-0.1, -0.05) is 41.7 Å². The molecule has 0 spiro atoms. The van der Waals surface area contributed by atoms with Crippen molar-refractivity contribution in [3.8, 4) is 5.19 Å². The number of thiazole rings is 1. The van der Waals surface area contributed by atoms with Crippen LogP contribution < -0.4 is 10.1 Å². The molecule has 0 unspecified atom stereocenters. The Morgan fingerprint density at radius 3 is 2.76 bits per heavy atom. The summed E-state index contributed by atoms with van der Waals surface area (Å²) in [6.45, 7) is 2.97. The number of aromatic nitrogens is 1. The van der Waals surface area contributed by atoms with Gasteiger partial charge >= 0.3 is 0 Å². The summed E-state index contributed by atoms with van der Waals surface area (Å²) in [7, 11) is 0. The molecule has 0 saturated heterocycles. The lowest BCUT2D eigenvalue weighted by Crippen LogP contribution is -2.37. The van der Waals surface area contributed by atoms with E-state index in [1.807, 2.05) is 36.4 Å². The zero-order valence-corrected chi connectivity index (χ0v) is 20.5. The molecule has 2 aliphatic rings. The third kappa shape index (κ3) is 7.60. The second-order valence-electron chi connectivity index (χ2n) is 9.49. The highest BCUT2D eigenvalue weighted by Gasteiger charge is 2.27. The van der Waals surface area contributed by atoms with Crippen LogP contribution in [0.25, 0.3) is 6.08 Å². The second-order valence-corrected chi connectivity index (χ2v) is 10.5. The Kier molecular flexibility index (Phi) is 8.32. The van der Waals surface area contributed by atoms with E-state index >= 15 is 0 Å². The fourth-order valence-corrected chi connectivity index (χ4v) is 5.52. The number of hydrogen-bond donors (Lipinski definition) is 1. The lowest BCUT2D eigenvalue weighted by atomic mass is 9.84. The minimum atomic E-state index is -2.85. The summed E-state index contributed by atoms with van der Waals surface area (Å²) in [4.78, 5) is 20.2. The Labute approximate surface area is 204 Å². The molecular weight excluding hydrogens is 456 g/mol. The van der Waals surface area contributed by atoms with Gasteiger partial charge < -0.3 is 10.1 Å². The molecule has 34 heavy (non-hydrogen) atoms. The van der Waals surface area contributed by atoms with Gasteiger partial charge in [0.25, 0.3) is 11.1 Å². The van der Waals surface area contributed by atoms with E-state index in [9.17, 15) is 13.6 Å². The number of ether oxygens (including phenoxy) is 1. The number of benzene rings is 1. The first kappa shape index (κ1) is 24.8. The van der Waals surface area contributed by atoms with Gasteiger partial charge in [-0.2, -0.15) is 0 Å². The summed E-state index contributed by atoms with van der Waals surface area (Å²) in [5.41, 5.74) is 2.00. The van der Waals surface area contributed by atoms with Gasteiger partial charge in [0.15, 0.2) is 6.61 Å². The van der Waals surface area contributed by atoms with Crippen molar-refractivity contribution in [2.24, 2.45) is 5.92 Å². The van der Waals surface area contributed by atoms with E-state index in [-0.39, 0.29) is 11.9 Å². The van der Waals surface area contributed by atoms with E-state index in [2.05, 4.69) is 15.2 Å². The zero-order valence-electron chi connectivity index (χ0n) is 19.6. The van der Waals surface area contributed by atoms with Gasteiger partial charge in [-0.25, -0.2) is 13.8 Å². The molecule has 1 aliphatic heterocycles. The van der Waals surface area contributed by atoms with Gasteiger partial charge in [0, 0.05) is 37.0 Å². The van der Waals surface area contributed by atoms with Gasteiger partial charge in [-0.05, 0) is 62.6 Å². The Morgan fingerprint density at radius 1 is 1.26 bits per heavy atom. The number of alkyl halides is 2. The van der Waals surface area contributed by atoms with E-state index in [1.165, 1.54) is 11.3 Å². The maximum absolute atomic E-state index is 13.0. The predicted molar refractivity (Wildman–Crippen MR) is 131 cm³/mol. The van der Waals surface area contributed by atoms with Crippen LogP contribution in [0.3, 0.4) is 0 Å². The van der Waals surface area contributed by atoms with Crippen molar-refractivity contribution in [2.75, 3.05) is 19.7 Å². The first-order chi connectivity index (χ1) is 16.3. The molecule has 1 N–H and O–H groups in total. The topological polar surface area (TPSA) is 54.5 Å². The van der Waals surface area contributed by atoms with Crippen LogP contribution in [0, 0.1) is 5.92 Å². The molecule has 8 heteroatoms.